The van der Waals surface area contributed by atoms with Gasteiger partial charge in [-0.1, -0.05) is 60.3 Å². The summed E-state index contributed by atoms with van der Waals surface area (Å²) in [5.74, 6) is 1.29. The first-order chi connectivity index (χ1) is 18.2. The Kier molecular flexibility index (Phi) is 3.55. The van der Waals surface area contributed by atoms with Gasteiger partial charge < -0.3 is 0 Å². The van der Waals surface area contributed by atoms with Crippen LogP contribution in [0.5, 0.6) is 0 Å². The van der Waals surface area contributed by atoms with Gasteiger partial charge in [0.1, 0.15) is 5.69 Å². The van der Waals surface area contributed by atoms with Gasteiger partial charge in [-0.15, -0.1) is 0 Å². The van der Waals surface area contributed by atoms with Gasteiger partial charge in [-0.3, -0.25) is 0 Å². The van der Waals surface area contributed by atoms with Gasteiger partial charge in [0.05, 0.1) is 26.5 Å². The number of pyridine rings is 1. The molecule has 1 atom stereocenters. The Morgan fingerprint density at radius 1 is 0.703 bits per heavy atom. The maximum Gasteiger partial charge on any atom is 0.352 e. The Labute approximate surface area is 219 Å². The highest BCUT2D eigenvalue weighted by Gasteiger charge is 2.68. The number of nitrogens with zero attached hydrogens (tertiary/aromatic N) is 3. The summed E-state index contributed by atoms with van der Waals surface area (Å²) in [4.78, 5) is 2.64. The highest BCUT2D eigenvalue weighted by molar-refractivity contribution is 7.99. The van der Waals surface area contributed by atoms with Gasteiger partial charge >= 0.3 is 11.4 Å². The fraction of sp³-hybridized carbons (Fsp3) is 0.0909. The molecule has 3 aliphatic rings. The molecular formula is C33H23N3S+2. The first-order valence-corrected chi connectivity index (χ1v) is 13.6. The summed E-state index contributed by atoms with van der Waals surface area (Å²) in [6.07, 6.45) is 2.28. The van der Waals surface area contributed by atoms with E-state index in [2.05, 4.69) is 131 Å². The zero-order valence-corrected chi connectivity index (χ0v) is 21.4. The summed E-state index contributed by atoms with van der Waals surface area (Å²) >= 11 is 1.90. The van der Waals surface area contributed by atoms with E-state index in [9.17, 15) is 0 Å². The second-order valence-electron chi connectivity index (χ2n) is 10.3. The predicted molar refractivity (Wildman–Crippen MR) is 146 cm³/mol. The molecule has 0 N–H and O–H groups in total. The number of hydrogen-bond acceptors (Lipinski definition) is 1. The van der Waals surface area contributed by atoms with Crippen molar-refractivity contribution >= 4 is 22.8 Å². The van der Waals surface area contributed by atoms with E-state index in [1.165, 1.54) is 71.5 Å². The number of rotatable bonds is 1. The molecule has 0 radical (unpaired) electrons. The van der Waals surface area contributed by atoms with Crippen LogP contribution >= 0.6 is 11.8 Å². The van der Waals surface area contributed by atoms with Crippen LogP contribution < -0.4 is 9.13 Å². The Hall–Kier alpha value is -4.15. The van der Waals surface area contributed by atoms with Gasteiger partial charge in [-0.2, -0.15) is 13.7 Å². The van der Waals surface area contributed by atoms with Crippen molar-refractivity contribution in [3.05, 3.63) is 131 Å². The summed E-state index contributed by atoms with van der Waals surface area (Å²) in [5.41, 5.74) is 12.5. The van der Waals surface area contributed by atoms with E-state index in [0.717, 1.165) is 0 Å². The van der Waals surface area contributed by atoms with E-state index in [1.54, 1.807) is 0 Å². The lowest BCUT2D eigenvalue weighted by Gasteiger charge is -2.20. The smallest absolute Gasteiger partial charge is 0.184 e. The van der Waals surface area contributed by atoms with Crippen LogP contribution in [0.1, 0.15) is 28.1 Å². The van der Waals surface area contributed by atoms with Crippen LogP contribution in [0.3, 0.4) is 0 Å². The van der Waals surface area contributed by atoms with Crippen molar-refractivity contribution in [2.75, 3.05) is 0 Å². The molecule has 174 valence electrons. The molecule has 0 bridgehead atoms. The van der Waals surface area contributed by atoms with Crippen LogP contribution in [-0.2, 0) is 5.54 Å². The van der Waals surface area contributed by atoms with Crippen molar-refractivity contribution in [1.29, 1.82) is 0 Å². The van der Waals surface area contributed by atoms with Crippen LogP contribution in [0.25, 0.3) is 33.7 Å². The molecule has 4 heteroatoms. The fourth-order valence-electron chi connectivity index (χ4n) is 7.22. The topological polar surface area (TPSA) is 12.7 Å². The average molecular weight is 494 g/mol. The third-order valence-corrected chi connectivity index (χ3v) is 9.60. The molecule has 2 aromatic heterocycles. The Balaban J connectivity index is 1.61. The van der Waals surface area contributed by atoms with Crippen LogP contribution in [0.15, 0.2) is 113 Å². The molecule has 0 amide bonds. The van der Waals surface area contributed by atoms with Crippen molar-refractivity contribution in [1.82, 2.24) is 4.57 Å². The minimum absolute atomic E-state index is 0.478. The standard InChI is InChI=1S/C33H23N3S/c1-20-10-7-11-21(2)29(20)35-26-16-9-18-28-31(26)36-30-24(14-8-17-27(30)37-28)33(32(35)36)23-13-4-3-12-22(23)25-15-5-6-19-34(25)33/h3-19H,1-2H3/q+2. The zero-order chi connectivity index (χ0) is 24.5. The number of aryl methyl sites for hydroxylation is 2. The monoisotopic (exact) mass is 493 g/mol. The van der Waals surface area contributed by atoms with E-state index in [-0.39, 0.29) is 0 Å². The molecule has 0 aliphatic carbocycles. The van der Waals surface area contributed by atoms with Crippen LogP contribution in [-0.4, -0.2) is 4.57 Å². The molecule has 5 heterocycles. The number of fused-ring (bicyclic) bond motifs is 7. The second kappa shape index (κ2) is 6.58. The maximum absolute atomic E-state index is 2.59. The van der Waals surface area contributed by atoms with Crippen molar-refractivity contribution in [2.24, 2.45) is 0 Å². The van der Waals surface area contributed by atoms with E-state index < -0.39 is 5.54 Å². The van der Waals surface area contributed by atoms with Gasteiger partial charge in [0, 0.05) is 12.1 Å². The molecule has 1 unspecified atom stereocenters. The molecule has 0 saturated carbocycles. The number of para-hydroxylation sites is 3. The van der Waals surface area contributed by atoms with Crippen molar-refractivity contribution in [3.8, 4) is 22.6 Å². The molecule has 4 aromatic carbocycles. The summed E-state index contributed by atoms with van der Waals surface area (Å²) in [7, 11) is 0. The number of aromatic nitrogens is 3. The van der Waals surface area contributed by atoms with E-state index in [0.29, 0.717) is 0 Å². The molecule has 37 heavy (non-hydrogen) atoms. The lowest BCUT2D eigenvalue weighted by atomic mass is 9.83. The first-order valence-electron chi connectivity index (χ1n) is 12.8. The third kappa shape index (κ3) is 2.11. The van der Waals surface area contributed by atoms with Gasteiger partial charge in [-0.05, 0) is 61.4 Å². The molecule has 0 saturated heterocycles. The Morgan fingerprint density at radius 2 is 1.43 bits per heavy atom. The summed E-state index contributed by atoms with van der Waals surface area (Å²) < 4.78 is 7.69. The summed E-state index contributed by atoms with van der Waals surface area (Å²) in [6, 6.07) is 35.9. The summed E-state index contributed by atoms with van der Waals surface area (Å²) in [6.45, 7) is 4.49. The quantitative estimate of drug-likeness (QED) is 0.241. The molecule has 1 spiro atoms. The molecular weight excluding hydrogens is 470 g/mol. The van der Waals surface area contributed by atoms with Crippen molar-refractivity contribution < 1.29 is 9.13 Å². The highest BCUT2D eigenvalue weighted by Crippen LogP contribution is 2.55. The van der Waals surface area contributed by atoms with Gasteiger partial charge in [-0.25, -0.2) is 0 Å². The van der Waals surface area contributed by atoms with Crippen molar-refractivity contribution in [3.63, 3.8) is 0 Å². The second-order valence-corrected chi connectivity index (χ2v) is 11.4. The van der Waals surface area contributed by atoms with Gasteiger partial charge in [0.2, 0.25) is 5.69 Å². The fourth-order valence-corrected chi connectivity index (χ4v) is 8.34. The SMILES string of the molecule is Cc1cccc(C)c1-n1c2[n+]3c4c(cccc41)Sc1cccc(c1-3)C21c2ccccc2-c2cccc[n+]21. The van der Waals surface area contributed by atoms with E-state index in [1.807, 2.05) is 11.8 Å². The Morgan fingerprint density at radius 3 is 2.32 bits per heavy atom. The molecule has 0 fully saturated rings. The minimum atomic E-state index is -0.478. The number of imidazole rings is 1. The van der Waals surface area contributed by atoms with E-state index >= 15 is 0 Å². The zero-order valence-electron chi connectivity index (χ0n) is 20.6. The normalized spacial score (nSPS) is 17.5. The number of benzene rings is 4. The summed E-state index contributed by atoms with van der Waals surface area (Å²) in [5, 5.41) is 0. The van der Waals surface area contributed by atoms with Crippen LogP contribution in [0, 0.1) is 13.8 Å². The highest BCUT2D eigenvalue weighted by atomic mass is 32.2. The molecule has 3 aliphatic heterocycles. The Bertz CT molecular complexity index is 1930. The first kappa shape index (κ1) is 20.0. The molecule has 6 aromatic rings. The predicted octanol–water partition coefficient (Wildman–Crippen LogP) is 6.41. The molecule has 9 rings (SSSR count). The van der Waals surface area contributed by atoms with Crippen LogP contribution in [0.4, 0.5) is 0 Å². The largest absolute Gasteiger partial charge is 0.352 e. The van der Waals surface area contributed by atoms with Gasteiger partial charge in [0.15, 0.2) is 22.9 Å². The van der Waals surface area contributed by atoms with Gasteiger partial charge in [0.25, 0.3) is 0 Å². The third-order valence-electron chi connectivity index (χ3n) is 8.50. The lowest BCUT2D eigenvalue weighted by Crippen LogP contribution is -2.57. The van der Waals surface area contributed by atoms with E-state index in [4.69, 9.17) is 0 Å². The average Bonchev–Trinajstić information content (AvgIpc) is 3.52. The number of hydrogen-bond donors (Lipinski definition) is 0. The minimum Gasteiger partial charge on any atom is -0.184 e. The van der Waals surface area contributed by atoms with Crippen LogP contribution in [0.2, 0.25) is 0 Å². The lowest BCUT2D eigenvalue weighted by molar-refractivity contribution is -0.733. The van der Waals surface area contributed by atoms with Crippen molar-refractivity contribution in [2.45, 2.75) is 29.2 Å². The molecule has 3 nitrogen and oxygen atoms in total. The maximum atomic E-state index is 2.59.